The first-order valence-corrected chi connectivity index (χ1v) is 10.3. The Morgan fingerprint density at radius 2 is 1.87 bits per heavy atom. The van der Waals surface area contributed by atoms with Gasteiger partial charge in [-0.25, -0.2) is 0 Å². The normalized spacial score (nSPS) is 15.9. The van der Waals surface area contributed by atoms with E-state index in [9.17, 15) is 14.7 Å². The molecule has 160 valence electrons. The minimum Gasteiger partial charge on any atom is -0.484 e. The molecule has 1 aliphatic heterocycles. The lowest BCUT2D eigenvalue weighted by molar-refractivity contribution is -0.117. The standard InChI is InChI=1S/C24H30N2O4/c1-16(28)26-14-20(15-27)30-22-11-10-19(13-21(22)26)25-23(29)12-7-17-5-8-18(9-6-17)24(2,3)4/h5-6,8-11,13,20,27H,7,12,14-15H2,1-4H3,(H,25,29). The molecule has 1 atom stereocenters. The topological polar surface area (TPSA) is 78.9 Å². The van der Waals surface area contributed by atoms with Gasteiger partial charge in [-0.3, -0.25) is 9.59 Å². The first-order valence-electron chi connectivity index (χ1n) is 10.3. The largest absolute Gasteiger partial charge is 0.484 e. The number of aliphatic hydroxyl groups excluding tert-OH is 1. The second-order valence-electron chi connectivity index (χ2n) is 8.73. The van der Waals surface area contributed by atoms with Crippen LogP contribution in [0.2, 0.25) is 0 Å². The van der Waals surface area contributed by atoms with Crippen molar-refractivity contribution in [3.8, 4) is 5.75 Å². The molecule has 0 aromatic heterocycles. The number of anilines is 2. The Balaban J connectivity index is 1.63. The van der Waals surface area contributed by atoms with E-state index in [0.717, 1.165) is 5.56 Å². The highest BCUT2D eigenvalue weighted by Gasteiger charge is 2.28. The fraction of sp³-hybridized carbons (Fsp3) is 0.417. The zero-order chi connectivity index (χ0) is 21.9. The number of carbonyl (C=O) groups is 2. The van der Waals surface area contributed by atoms with Crippen LogP contribution >= 0.6 is 0 Å². The molecule has 2 N–H and O–H groups in total. The highest BCUT2D eigenvalue weighted by Crippen LogP contribution is 2.36. The van der Waals surface area contributed by atoms with Crippen molar-refractivity contribution in [3.63, 3.8) is 0 Å². The van der Waals surface area contributed by atoms with E-state index in [-0.39, 0.29) is 30.4 Å². The minimum absolute atomic E-state index is 0.0887. The first kappa shape index (κ1) is 21.8. The van der Waals surface area contributed by atoms with Crippen LogP contribution < -0.4 is 15.0 Å². The van der Waals surface area contributed by atoms with Crippen LogP contribution in [0.15, 0.2) is 42.5 Å². The number of amides is 2. The minimum atomic E-state index is -0.452. The van der Waals surface area contributed by atoms with Gasteiger partial charge in [-0.05, 0) is 41.2 Å². The number of aliphatic hydroxyl groups is 1. The van der Waals surface area contributed by atoms with Gasteiger partial charge in [0.15, 0.2) is 0 Å². The van der Waals surface area contributed by atoms with Gasteiger partial charge >= 0.3 is 0 Å². The summed E-state index contributed by atoms with van der Waals surface area (Å²) in [5.74, 6) is 0.293. The van der Waals surface area contributed by atoms with Crippen LogP contribution in [0.3, 0.4) is 0 Å². The Bertz CT molecular complexity index is 916. The molecular weight excluding hydrogens is 380 g/mol. The number of fused-ring (bicyclic) bond motifs is 1. The Labute approximate surface area is 177 Å². The van der Waals surface area contributed by atoms with Crippen molar-refractivity contribution in [1.29, 1.82) is 0 Å². The highest BCUT2D eigenvalue weighted by molar-refractivity contribution is 5.96. The molecule has 1 heterocycles. The maximum absolute atomic E-state index is 12.4. The molecule has 2 aromatic carbocycles. The third-order valence-electron chi connectivity index (χ3n) is 5.26. The Morgan fingerprint density at radius 3 is 2.47 bits per heavy atom. The second-order valence-corrected chi connectivity index (χ2v) is 8.73. The summed E-state index contributed by atoms with van der Waals surface area (Å²) in [6, 6.07) is 13.6. The third kappa shape index (κ3) is 5.19. The summed E-state index contributed by atoms with van der Waals surface area (Å²) in [5.41, 5.74) is 3.71. The number of hydrogen-bond donors (Lipinski definition) is 2. The molecule has 2 aromatic rings. The molecular formula is C24H30N2O4. The third-order valence-corrected chi connectivity index (χ3v) is 5.26. The molecule has 6 heteroatoms. The van der Waals surface area contributed by atoms with Crippen LogP contribution in [0.25, 0.3) is 0 Å². The van der Waals surface area contributed by atoms with E-state index in [2.05, 4.69) is 50.4 Å². The second kappa shape index (κ2) is 8.88. The fourth-order valence-corrected chi connectivity index (χ4v) is 3.47. The maximum Gasteiger partial charge on any atom is 0.224 e. The first-order chi connectivity index (χ1) is 14.2. The van der Waals surface area contributed by atoms with Crippen LogP contribution in [0.4, 0.5) is 11.4 Å². The number of benzene rings is 2. The molecule has 1 aliphatic rings. The summed E-state index contributed by atoms with van der Waals surface area (Å²) >= 11 is 0. The van der Waals surface area contributed by atoms with Crippen molar-refractivity contribution in [3.05, 3.63) is 53.6 Å². The number of nitrogens with one attached hydrogen (secondary N) is 1. The van der Waals surface area contributed by atoms with E-state index in [4.69, 9.17) is 4.74 Å². The fourth-order valence-electron chi connectivity index (χ4n) is 3.47. The predicted octanol–water partition coefficient (Wildman–Crippen LogP) is 3.66. The smallest absolute Gasteiger partial charge is 0.224 e. The summed E-state index contributed by atoms with van der Waals surface area (Å²) in [5, 5.41) is 12.3. The van der Waals surface area contributed by atoms with Gasteiger partial charge in [0, 0.05) is 19.0 Å². The van der Waals surface area contributed by atoms with E-state index >= 15 is 0 Å². The quantitative estimate of drug-likeness (QED) is 0.788. The molecule has 0 bridgehead atoms. The van der Waals surface area contributed by atoms with Crippen LogP contribution in [-0.4, -0.2) is 36.2 Å². The molecule has 2 amide bonds. The van der Waals surface area contributed by atoms with E-state index < -0.39 is 6.10 Å². The van der Waals surface area contributed by atoms with Crippen molar-refractivity contribution >= 4 is 23.2 Å². The van der Waals surface area contributed by atoms with Crippen LogP contribution in [0, 0.1) is 0 Å². The molecule has 6 nitrogen and oxygen atoms in total. The number of carbonyl (C=O) groups excluding carboxylic acids is 2. The molecule has 0 fully saturated rings. The lowest BCUT2D eigenvalue weighted by Gasteiger charge is -2.33. The summed E-state index contributed by atoms with van der Waals surface area (Å²) in [4.78, 5) is 26.0. The van der Waals surface area contributed by atoms with Crippen molar-refractivity contribution in [2.24, 2.45) is 0 Å². The predicted molar refractivity (Wildman–Crippen MR) is 118 cm³/mol. The number of hydrogen-bond acceptors (Lipinski definition) is 4. The van der Waals surface area contributed by atoms with E-state index in [1.807, 2.05) is 0 Å². The monoisotopic (exact) mass is 410 g/mol. The van der Waals surface area contributed by atoms with E-state index in [1.165, 1.54) is 12.5 Å². The Hall–Kier alpha value is -2.86. The number of rotatable bonds is 5. The molecule has 0 spiro atoms. The summed E-state index contributed by atoms with van der Waals surface area (Å²) in [7, 11) is 0. The van der Waals surface area contributed by atoms with Gasteiger partial charge in [0.1, 0.15) is 11.9 Å². The van der Waals surface area contributed by atoms with Gasteiger partial charge in [-0.15, -0.1) is 0 Å². The van der Waals surface area contributed by atoms with Crippen LogP contribution in [0.1, 0.15) is 45.2 Å². The SMILES string of the molecule is CC(=O)N1CC(CO)Oc2ccc(NC(=O)CCc3ccc(C(C)(C)C)cc3)cc21. The van der Waals surface area contributed by atoms with E-state index in [0.29, 0.717) is 30.0 Å². The van der Waals surface area contributed by atoms with Crippen molar-refractivity contribution in [2.45, 2.75) is 52.1 Å². The Morgan fingerprint density at radius 1 is 1.17 bits per heavy atom. The van der Waals surface area contributed by atoms with Crippen LogP contribution in [0.5, 0.6) is 5.75 Å². The molecule has 1 unspecified atom stereocenters. The molecule has 0 aliphatic carbocycles. The van der Waals surface area contributed by atoms with Gasteiger partial charge < -0.3 is 20.1 Å². The molecule has 0 radical (unpaired) electrons. The molecule has 30 heavy (non-hydrogen) atoms. The highest BCUT2D eigenvalue weighted by atomic mass is 16.5. The average molecular weight is 411 g/mol. The molecule has 3 rings (SSSR count). The zero-order valence-electron chi connectivity index (χ0n) is 18.1. The van der Waals surface area contributed by atoms with Gasteiger partial charge in [-0.1, -0.05) is 45.0 Å². The maximum atomic E-state index is 12.4. The van der Waals surface area contributed by atoms with Gasteiger partial charge in [0.05, 0.1) is 18.8 Å². The summed E-state index contributed by atoms with van der Waals surface area (Å²) < 4.78 is 5.70. The summed E-state index contributed by atoms with van der Waals surface area (Å²) in [6.07, 6.45) is 0.569. The van der Waals surface area contributed by atoms with Gasteiger partial charge in [0.25, 0.3) is 0 Å². The average Bonchev–Trinajstić information content (AvgIpc) is 2.71. The van der Waals surface area contributed by atoms with Crippen molar-refractivity contribution in [1.82, 2.24) is 0 Å². The van der Waals surface area contributed by atoms with Crippen molar-refractivity contribution in [2.75, 3.05) is 23.4 Å². The number of nitrogens with zero attached hydrogens (tertiary/aromatic N) is 1. The van der Waals surface area contributed by atoms with Gasteiger partial charge in [0.2, 0.25) is 11.8 Å². The number of aryl methyl sites for hydroxylation is 1. The zero-order valence-corrected chi connectivity index (χ0v) is 18.1. The van der Waals surface area contributed by atoms with Crippen molar-refractivity contribution < 1.29 is 19.4 Å². The molecule has 0 saturated heterocycles. The van der Waals surface area contributed by atoms with Gasteiger partial charge in [-0.2, -0.15) is 0 Å². The van der Waals surface area contributed by atoms with E-state index in [1.54, 1.807) is 23.1 Å². The lowest BCUT2D eigenvalue weighted by atomic mass is 9.86. The number of ether oxygens (including phenoxy) is 1. The van der Waals surface area contributed by atoms with Crippen LogP contribution in [-0.2, 0) is 21.4 Å². The lowest BCUT2D eigenvalue weighted by Crippen LogP contribution is -2.44. The Kier molecular flexibility index (Phi) is 6.46. The molecule has 0 saturated carbocycles. The summed E-state index contributed by atoms with van der Waals surface area (Å²) in [6.45, 7) is 8.11.